The van der Waals surface area contributed by atoms with Gasteiger partial charge in [0.1, 0.15) is 0 Å². The number of nitrogens with zero attached hydrogens (tertiary/aromatic N) is 1. The van der Waals surface area contributed by atoms with Gasteiger partial charge < -0.3 is 15.5 Å². The number of likely N-dealkylation sites (tertiary alicyclic amines) is 1. The van der Waals surface area contributed by atoms with Gasteiger partial charge in [0.05, 0.1) is 5.41 Å². The average molecular weight is 304 g/mol. The number of piperidine rings is 2. The summed E-state index contributed by atoms with van der Waals surface area (Å²) in [5, 5.41) is 6.26. The molecule has 0 aromatic carbocycles. The summed E-state index contributed by atoms with van der Waals surface area (Å²) in [5.74, 6) is 0.236. The summed E-state index contributed by atoms with van der Waals surface area (Å²) in [7, 11) is 0. The van der Waals surface area contributed by atoms with Gasteiger partial charge in [0, 0.05) is 32.6 Å². The Bertz CT molecular complexity index is 356. The van der Waals surface area contributed by atoms with Crippen molar-refractivity contribution in [1.29, 1.82) is 0 Å². The Hall–Kier alpha value is -0.810. The number of amides is 2. The number of hydrogen-bond acceptors (Lipinski definition) is 3. The number of rotatable bonds is 2. The summed E-state index contributed by atoms with van der Waals surface area (Å²) < 4.78 is 0. The smallest absolute Gasteiger partial charge is 0.229 e. The zero-order chi connectivity index (χ0) is 13.9. The number of carbonyl (C=O) groups excluding carboxylic acids is 2. The molecule has 2 saturated heterocycles. The van der Waals surface area contributed by atoms with Crippen LogP contribution in [-0.2, 0) is 9.59 Å². The molecular formula is C14H26ClN3O2. The van der Waals surface area contributed by atoms with Gasteiger partial charge in [-0.05, 0) is 39.2 Å². The van der Waals surface area contributed by atoms with Crippen LogP contribution in [0, 0.1) is 5.41 Å². The van der Waals surface area contributed by atoms with Crippen LogP contribution in [0.4, 0.5) is 0 Å². The molecule has 2 fully saturated rings. The molecule has 2 atom stereocenters. The lowest BCUT2D eigenvalue weighted by molar-refractivity contribution is -0.144. The predicted octanol–water partition coefficient (Wildman–Crippen LogP) is 0.925. The Morgan fingerprint density at radius 1 is 1.35 bits per heavy atom. The van der Waals surface area contributed by atoms with E-state index in [1.54, 1.807) is 0 Å². The first-order valence-electron chi connectivity index (χ1n) is 7.28. The summed E-state index contributed by atoms with van der Waals surface area (Å²) in [6.45, 7) is 6.86. The molecule has 2 aliphatic rings. The molecule has 116 valence electrons. The van der Waals surface area contributed by atoms with E-state index in [0.29, 0.717) is 6.54 Å². The fourth-order valence-corrected chi connectivity index (χ4v) is 3.19. The van der Waals surface area contributed by atoms with E-state index in [2.05, 4.69) is 17.6 Å². The van der Waals surface area contributed by atoms with E-state index in [-0.39, 0.29) is 35.7 Å². The molecule has 0 aliphatic carbocycles. The van der Waals surface area contributed by atoms with E-state index in [4.69, 9.17) is 0 Å². The lowest BCUT2D eigenvalue weighted by Gasteiger charge is -2.41. The molecule has 20 heavy (non-hydrogen) atoms. The van der Waals surface area contributed by atoms with Crippen molar-refractivity contribution in [2.75, 3.05) is 26.2 Å². The van der Waals surface area contributed by atoms with Gasteiger partial charge in [-0.3, -0.25) is 9.59 Å². The van der Waals surface area contributed by atoms with E-state index < -0.39 is 0 Å². The largest absolute Gasteiger partial charge is 0.352 e. The van der Waals surface area contributed by atoms with E-state index >= 15 is 0 Å². The Morgan fingerprint density at radius 2 is 2.10 bits per heavy atom. The summed E-state index contributed by atoms with van der Waals surface area (Å²) >= 11 is 0. The van der Waals surface area contributed by atoms with Gasteiger partial charge >= 0.3 is 0 Å². The highest BCUT2D eigenvalue weighted by atomic mass is 35.5. The second kappa shape index (κ2) is 7.27. The Balaban J connectivity index is 0.00000200. The molecule has 5 nitrogen and oxygen atoms in total. The van der Waals surface area contributed by atoms with Crippen molar-refractivity contribution in [2.24, 2.45) is 5.41 Å². The van der Waals surface area contributed by atoms with Gasteiger partial charge in [0.15, 0.2) is 0 Å². The number of carbonyl (C=O) groups is 2. The van der Waals surface area contributed by atoms with Gasteiger partial charge in [-0.1, -0.05) is 0 Å². The molecule has 6 heteroatoms. The van der Waals surface area contributed by atoms with Gasteiger partial charge in [0.25, 0.3) is 0 Å². The molecule has 0 bridgehead atoms. The Kier molecular flexibility index (Phi) is 6.27. The van der Waals surface area contributed by atoms with Crippen LogP contribution in [0.25, 0.3) is 0 Å². The molecule has 0 saturated carbocycles. The van der Waals surface area contributed by atoms with Crippen LogP contribution in [0.2, 0.25) is 0 Å². The number of nitrogens with one attached hydrogen (secondary N) is 2. The van der Waals surface area contributed by atoms with E-state index in [9.17, 15) is 9.59 Å². The SMILES string of the molecule is CC(=O)NC1CCCN(C(=O)C2(C)CCCNC2)C1.Cl. The van der Waals surface area contributed by atoms with Crippen molar-refractivity contribution in [3.63, 3.8) is 0 Å². The monoisotopic (exact) mass is 303 g/mol. The molecular weight excluding hydrogens is 278 g/mol. The van der Waals surface area contributed by atoms with Crippen molar-refractivity contribution in [3.8, 4) is 0 Å². The summed E-state index contributed by atoms with van der Waals surface area (Å²) in [6, 6.07) is 0.121. The van der Waals surface area contributed by atoms with Gasteiger partial charge in [0.2, 0.25) is 11.8 Å². The van der Waals surface area contributed by atoms with Crippen LogP contribution in [0.3, 0.4) is 0 Å². The standard InChI is InChI=1S/C14H25N3O2.ClH/c1-11(18)16-12-5-3-8-17(9-12)13(19)14(2)6-4-7-15-10-14;/h12,15H,3-10H2,1-2H3,(H,16,18);1H. The number of hydrogen-bond donors (Lipinski definition) is 2. The third-order valence-corrected chi connectivity index (χ3v) is 4.23. The second-order valence-electron chi connectivity index (χ2n) is 6.13. The van der Waals surface area contributed by atoms with Crippen LogP contribution in [0.15, 0.2) is 0 Å². The minimum Gasteiger partial charge on any atom is -0.352 e. The maximum atomic E-state index is 12.7. The van der Waals surface area contributed by atoms with Crippen molar-refractivity contribution in [3.05, 3.63) is 0 Å². The minimum atomic E-state index is -0.267. The van der Waals surface area contributed by atoms with Gasteiger partial charge in [-0.25, -0.2) is 0 Å². The number of halogens is 1. The zero-order valence-electron chi connectivity index (χ0n) is 12.4. The van der Waals surface area contributed by atoms with Crippen molar-refractivity contribution >= 4 is 24.2 Å². The highest BCUT2D eigenvalue weighted by molar-refractivity contribution is 5.85. The second-order valence-corrected chi connectivity index (χ2v) is 6.13. The fourth-order valence-electron chi connectivity index (χ4n) is 3.19. The van der Waals surface area contributed by atoms with Crippen LogP contribution in [0.1, 0.15) is 39.5 Å². The Labute approximate surface area is 127 Å². The first kappa shape index (κ1) is 17.2. The lowest BCUT2D eigenvalue weighted by Crippen LogP contribution is -2.55. The molecule has 0 aromatic heterocycles. The van der Waals surface area contributed by atoms with Crippen molar-refractivity contribution in [1.82, 2.24) is 15.5 Å². The van der Waals surface area contributed by atoms with E-state index in [0.717, 1.165) is 45.3 Å². The van der Waals surface area contributed by atoms with Crippen LogP contribution in [0.5, 0.6) is 0 Å². The average Bonchev–Trinajstić information content (AvgIpc) is 2.38. The summed E-state index contributed by atoms with van der Waals surface area (Å²) in [4.78, 5) is 25.7. The van der Waals surface area contributed by atoms with E-state index in [1.807, 2.05) is 4.90 Å². The highest BCUT2D eigenvalue weighted by Crippen LogP contribution is 2.29. The maximum Gasteiger partial charge on any atom is 0.229 e. The zero-order valence-corrected chi connectivity index (χ0v) is 13.2. The molecule has 0 spiro atoms. The molecule has 0 aromatic rings. The van der Waals surface area contributed by atoms with Crippen LogP contribution in [-0.4, -0.2) is 48.9 Å². The van der Waals surface area contributed by atoms with Gasteiger partial charge in [-0.15, -0.1) is 12.4 Å². The molecule has 2 heterocycles. The molecule has 2 unspecified atom stereocenters. The quantitative estimate of drug-likeness (QED) is 0.797. The molecule has 2 aliphatic heterocycles. The first-order chi connectivity index (χ1) is 9.01. The fraction of sp³-hybridized carbons (Fsp3) is 0.857. The summed E-state index contributed by atoms with van der Waals surface area (Å²) in [6.07, 6.45) is 3.96. The van der Waals surface area contributed by atoms with Crippen LogP contribution < -0.4 is 10.6 Å². The summed E-state index contributed by atoms with van der Waals surface area (Å²) in [5.41, 5.74) is -0.267. The Morgan fingerprint density at radius 3 is 2.70 bits per heavy atom. The predicted molar refractivity (Wildman–Crippen MR) is 80.9 cm³/mol. The molecule has 2 amide bonds. The molecule has 0 radical (unpaired) electrons. The highest BCUT2D eigenvalue weighted by Gasteiger charge is 2.39. The van der Waals surface area contributed by atoms with Gasteiger partial charge in [-0.2, -0.15) is 0 Å². The van der Waals surface area contributed by atoms with Crippen molar-refractivity contribution in [2.45, 2.75) is 45.6 Å². The lowest BCUT2D eigenvalue weighted by atomic mass is 9.81. The van der Waals surface area contributed by atoms with Crippen molar-refractivity contribution < 1.29 is 9.59 Å². The first-order valence-corrected chi connectivity index (χ1v) is 7.28. The third kappa shape index (κ3) is 4.09. The van der Waals surface area contributed by atoms with E-state index in [1.165, 1.54) is 6.92 Å². The molecule has 2 rings (SSSR count). The third-order valence-electron chi connectivity index (χ3n) is 4.23. The maximum absolute atomic E-state index is 12.7. The minimum absolute atomic E-state index is 0. The normalized spacial score (nSPS) is 30.3. The topological polar surface area (TPSA) is 61.4 Å². The van der Waals surface area contributed by atoms with Crippen LogP contribution >= 0.6 is 12.4 Å². The molecule has 2 N–H and O–H groups in total.